The van der Waals surface area contributed by atoms with E-state index in [1.807, 2.05) is 13.8 Å². The number of alkyl halides is 3. The van der Waals surface area contributed by atoms with Crippen molar-refractivity contribution in [2.75, 3.05) is 40.3 Å². The SMILES string of the molecule is CN=C(NCC(=O)N(C)CC(F)(F)F)NC1CCN(C(=O)C(C)C)C1. The molecule has 0 radical (unpaired) electrons. The molecule has 0 aromatic heterocycles. The van der Waals surface area contributed by atoms with Crippen molar-refractivity contribution in [2.45, 2.75) is 32.5 Å². The van der Waals surface area contributed by atoms with E-state index in [2.05, 4.69) is 15.6 Å². The lowest BCUT2D eigenvalue weighted by molar-refractivity contribution is -0.157. The number of halogens is 3. The van der Waals surface area contributed by atoms with Crippen LogP contribution in [0.4, 0.5) is 13.2 Å². The van der Waals surface area contributed by atoms with Gasteiger partial charge in [0.2, 0.25) is 11.8 Å². The van der Waals surface area contributed by atoms with Gasteiger partial charge in [-0.25, -0.2) is 0 Å². The smallest absolute Gasteiger partial charge is 0.352 e. The molecule has 2 N–H and O–H groups in total. The summed E-state index contributed by atoms with van der Waals surface area (Å²) < 4.78 is 36.8. The molecule has 25 heavy (non-hydrogen) atoms. The first-order valence-corrected chi connectivity index (χ1v) is 8.10. The van der Waals surface area contributed by atoms with Crippen LogP contribution in [0.3, 0.4) is 0 Å². The van der Waals surface area contributed by atoms with E-state index < -0.39 is 18.6 Å². The summed E-state index contributed by atoms with van der Waals surface area (Å²) in [6, 6.07) is -0.0168. The van der Waals surface area contributed by atoms with E-state index in [1.54, 1.807) is 4.90 Å². The molecular weight excluding hydrogens is 339 g/mol. The quantitative estimate of drug-likeness (QED) is 0.547. The Morgan fingerprint density at radius 1 is 1.36 bits per heavy atom. The van der Waals surface area contributed by atoms with Crippen LogP contribution in [0.1, 0.15) is 20.3 Å². The van der Waals surface area contributed by atoms with Crippen molar-refractivity contribution in [2.24, 2.45) is 10.9 Å². The number of carbonyl (C=O) groups excluding carboxylic acids is 2. The number of aliphatic imine (C=N–C) groups is 1. The van der Waals surface area contributed by atoms with Crippen LogP contribution in [0, 0.1) is 5.92 Å². The third kappa shape index (κ3) is 7.18. The summed E-state index contributed by atoms with van der Waals surface area (Å²) in [4.78, 5) is 30.0. The molecular formula is C15H26F3N5O2. The summed E-state index contributed by atoms with van der Waals surface area (Å²) in [7, 11) is 2.60. The molecule has 1 unspecified atom stereocenters. The Balaban J connectivity index is 2.43. The second kappa shape index (κ2) is 8.91. The molecule has 1 rings (SSSR count). The topological polar surface area (TPSA) is 77.0 Å². The number of hydrogen-bond acceptors (Lipinski definition) is 3. The van der Waals surface area contributed by atoms with Gasteiger partial charge in [0.1, 0.15) is 6.54 Å². The lowest BCUT2D eigenvalue weighted by Gasteiger charge is -2.22. The molecule has 0 spiro atoms. The Labute approximate surface area is 145 Å². The monoisotopic (exact) mass is 365 g/mol. The highest BCUT2D eigenvalue weighted by atomic mass is 19.4. The standard InChI is InChI=1S/C15H26F3N5O2/c1-10(2)13(25)23-6-5-11(8-23)21-14(19-3)20-7-12(24)22(4)9-15(16,17)18/h10-11H,5-9H2,1-4H3,(H2,19,20,21). The van der Waals surface area contributed by atoms with Crippen LogP contribution in [-0.2, 0) is 9.59 Å². The third-order valence-electron chi connectivity index (χ3n) is 3.81. The minimum absolute atomic E-state index is 0.0168. The van der Waals surface area contributed by atoms with Crippen molar-refractivity contribution in [1.29, 1.82) is 0 Å². The van der Waals surface area contributed by atoms with E-state index in [9.17, 15) is 22.8 Å². The third-order valence-corrected chi connectivity index (χ3v) is 3.81. The van der Waals surface area contributed by atoms with Crippen LogP contribution in [0.5, 0.6) is 0 Å². The maximum absolute atomic E-state index is 12.3. The number of guanidine groups is 1. The summed E-state index contributed by atoms with van der Waals surface area (Å²) in [6.07, 6.45) is -3.69. The Morgan fingerprint density at radius 2 is 2.00 bits per heavy atom. The summed E-state index contributed by atoms with van der Waals surface area (Å²) in [6.45, 7) is 3.25. The summed E-state index contributed by atoms with van der Waals surface area (Å²) in [5.74, 6) is -0.366. The van der Waals surface area contributed by atoms with Gasteiger partial charge in [-0.15, -0.1) is 0 Å². The maximum atomic E-state index is 12.3. The van der Waals surface area contributed by atoms with Gasteiger partial charge in [0.15, 0.2) is 5.96 Å². The average Bonchev–Trinajstić information content (AvgIpc) is 2.96. The van der Waals surface area contributed by atoms with Crippen molar-refractivity contribution in [3.8, 4) is 0 Å². The Hall–Kier alpha value is -2.00. The fourth-order valence-corrected chi connectivity index (χ4v) is 2.48. The highest BCUT2D eigenvalue weighted by molar-refractivity contribution is 5.86. The zero-order chi connectivity index (χ0) is 19.2. The lowest BCUT2D eigenvalue weighted by atomic mass is 10.2. The van der Waals surface area contributed by atoms with Crippen LogP contribution >= 0.6 is 0 Å². The zero-order valence-electron chi connectivity index (χ0n) is 15.0. The summed E-state index contributed by atoms with van der Waals surface area (Å²) in [5, 5.41) is 5.79. The van der Waals surface area contributed by atoms with Gasteiger partial charge in [-0.3, -0.25) is 14.6 Å². The van der Waals surface area contributed by atoms with Gasteiger partial charge in [-0.2, -0.15) is 13.2 Å². The van der Waals surface area contributed by atoms with Gasteiger partial charge in [-0.1, -0.05) is 13.8 Å². The van der Waals surface area contributed by atoms with E-state index in [-0.39, 0.29) is 24.4 Å². The van der Waals surface area contributed by atoms with E-state index >= 15 is 0 Å². The number of amides is 2. The predicted octanol–water partition coefficient (Wildman–Crippen LogP) is 0.429. The van der Waals surface area contributed by atoms with Gasteiger partial charge in [0.05, 0.1) is 6.54 Å². The molecule has 1 aliphatic rings. The van der Waals surface area contributed by atoms with Crippen molar-refractivity contribution in [3.05, 3.63) is 0 Å². The molecule has 7 nitrogen and oxygen atoms in total. The molecule has 0 bridgehead atoms. The maximum Gasteiger partial charge on any atom is 0.406 e. The first-order chi connectivity index (χ1) is 11.5. The van der Waals surface area contributed by atoms with Crippen molar-refractivity contribution >= 4 is 17.8 Å². The molecule has 1 heterocycles. The van der Waals surface area contributed by atoms with E-state index in [0.717, 1.165) is 13.5 Å². The number of likely N-dealkylation sites (N-methyl/N-ethyl adjacent to an activating group) is 1. The summed E-state index contributed by atoms with van der Waals surface area (Å²) in [5.41, 5.74) is 0. The molecule has 2 amide bonds. The van der Waals surface area contributed by atoms with E-state index in [1.165, 1.54) is 7.05 Å². The Morgan fingerprint density at radius 3 is 2.52 bits per heavy atom. The highest BCUT2D eigenvalue weighted by Gasteiger charge is 2.31. The summed E-state index contributed by atoms with van der Waals surface area (Å²) >= 11 is 0. The number of carbonyl (C=O) groups is 2. The Kier molecular flexibility index (Phi) is 7.50. The van der Waals surface area contributed by atoms with Gasteiger partial charge >= 0.3 is 6.18 Å². The van der Waals surface area contributed by atoms with Crippen LogP contribution < -0.4 is 10.6 Å². The predicted molar refractivity (Wildman–Crippen MR) is 88.0 cm³/mol. The number of hydrogen-bond donors (Lipinski definition) is 2. The van der Waals surface area contributed by atoms with Gasteiger partial charge in [0.25, 0.3) is 0 Å². The van der Waals surface area contributed by atoms with Crippen molar-refractivity contribution in [3.63, 3.8) is 0 Å². The van der Waals surface area contributed by atoms with Crippen LogP contribution in [0.25, 0.3) is 0 Å². The Bertz CT molecular complexity index is 508. The minimum Gasteiger partial charge on any atom is -0.352 e. The molecule has 1 fully saturated rings. The first kappa shape index (κ1) is 21.0. The molecule has 144 valence electrons. The number of likely N-dealkylation sites (tertiary alicyclic amines) is 1. The number of rotatable bonds is 5. The van der Waals surface area contributed by atoms with Crippen LogP contribution in [0.15, 0.2) is 4.99 Å². The fourth-order valence-electron chi connectivity index (χ4n) is 2.48. The van der Waals surface area contributed by atoms with Gasteiger partial charge < -0.3 is 20.4 Å². The number of nitrogens with zero attached hydrogens (tertiary/aromatic N) is 3. The minimum atomic E-state index is -4.43. The molecule has 1 atom stereocenters. The zero-order valence-corrected chi connectivity index (χ0v) is 15.0. The van der Waals surface area contributed by atoms with Crippen molar-refractivity contribution in [1.82, 2.24) is 20.4 Å². The second-order valence-corrected chi connectivity index (χ2v) is 6.36. The molecule has 1 aliphatic heterocycles. The number of nitrogens with one attached hydrogen (secondary N) is 2. The van der Waals surface area contributed by atoms with Gasteiger partial charge in [-0.05, 0) is 6.42 Å². The molecule has 1 saturated heterocycles. The fraction of sp³-hybridized carbons (Fsp3) is 0.800. The second-order valence-electron chi connectivity index (χ2n) is 6.36. The van der Waals surface area contributed by atoms with Crippen molar-refractivity contribution < 1.29 is 22.8 Å². The van der Waals surface area contributed by atoms with E-state index in [4.69, 9.17) is 0 Å². The highest BCUT2D eigenvalue weighted by Crippen LogP contribution is 2.15. The molecule has 0 aromatic carbocycles. The molecule has 0 saturated carbocycles. The molecule has 10 heteroatoms. The normalized spacial score (nSPS) is 18.5. The first-order valence-electron chi connectivity index (χ1n) is 8.10. The lowest BCUT2D eigenvalue weighted by Crippen LogP contribution is -2.49. The van der Waals surface area contributed by atoms with Gasteiger partial charge in [0, 0.05) is 39.1 Å². The van der Waals surface area contributed by atoms with E-state index in [0.29, 0.717) is 23.9 Å². The molecule has 0 aliphatic carbocycles. The molecule has 0 aromatic rings. The van der Waals surface area contributed by atoms with Crippen LogP contribution in [-0.4, -0.2) is 80.1 Å². The largest absolute Gasteiger partial charge is 0.406 e. The average molecular weight is 365 g/mol. The van der Waals surface area contributed by atoms with Crippen LogP contribution in [0.2, 0.25) is 0 Å².